The van der Waals surface area contributed by atoms with Crippen LogP contribution in [-0.4, -0.2) is 35.1 Å². The van der Waals surface area contributed by atoms with Crippen LogP contribution in [0.2, 0.25) is 24.7 Å². The van der Waals surface area contributed by atoms with Gasteiger partial charge in [0.1, 0.15) is 19.9 Å². The van der Waals surface area contributed by atoms with Gasteiger partial charge in [0.05, 0.1) is 5.69 Å². The molecule has 236 valence electrons. The van der Waals surface area contributed by atoms with E-state index in [0.29, 0.717) is 12.4 Å². The van der Waals surface area contributed by atoms with Gasteiger partial charge in [-0.1, -0.05) is 150 Å². The highest BCUT2D eigenvalue weighted by Crippen LogP contribution is 2.41. The molecular weight excluding hydrogens is 599 g/mol. The average Bonchev–Trinajstić information content (AvgIpc) is 3.04. The van der Waals surface area contributed by atoms with Crippen LogP contribution in [0.25, 0.3) is 5.57 Å². The van der Waals surface area contributed by atoms with Gasteiger partial charge in [-0.15, -0.1) is 5.54 Å². The van der Waals surface area contributed by atoms with E-state index < -0.39 is 28.5 Å². The number of hydrogen-bond acceptors (Lipinski definition) is 3. The van der Waals surface area contributed by atoms with Gasteiger partial charge in [0, 0.05) is 18.1 Å². The molecule has 6 heteroatoms. The van der Waals surface area contributed by atoms with Crippen LogP contribution in [0.5, 0.6) is 5.75 Å². The van der Waals surface area contributed by atoms with Crippen molar-refractivity contribution in [3.05, 3.63) is 127 Å². The molecule has 0 bridgehead atoms. The Labute approximate surface area is 277 Å². The topological polar surface area (TPSA) is 38.8 Å². The number of fused-ring (bicyclic) bond motifs is 1. The summed E-state index contributed by atoms with van der Waals surface area (Å²) in [5, 5.41) is 2.39. The van der Waals surface area contributed by atoms with Crippen LogP contribution in [0, 0.1) is 17.4 Å². The Bertz CT molecular complexity index is 1690. The van der Waals surface area contributed by atoms with Crippen molar-refractivity contribution >= 4 is 44.1 Å². The van der Waals surface area contributed by atoms with Crippen LogP contribution < -0.4 is 20.0 Å². The Hall–Kier alpha value is -4.16. The second-order valence-corrected chi connectivity index (χ2v) is 23.1. The largest absolute Gasteiger partial charge is 0.421 e. The summed E-state index contributed by atoms with van der Waals surface area (Å²) < 4.78 is 13.2. The Morgan fingerprint density at radius 1 is 0.804 bits per heavy atom. The molecule has 4 nitrogen and oxygen atoms in total. The van der Waals surface area contributed by atoms with Gasteiger partial charge in [0.15, 0.2) is 0 Å². The molecule has 2 atom stereocenters. The van der Waals surface area contributed by atoms with Gasteiger partial charge >= 0.3 is 6.09 Å². The van der Waals surface area contributed by atoms with Crippen molar-refractivity contribution in [2.24, 2.45) is 5.92 Å². The number of ether oxygens (including phenoxy) is 1. The zero-order chi connectivity index (χ0) is 33.0. The van der Waals surface area contributed by atoms with Crippen molar-refractivity contribution in [3.63, 3.8) is 0 Å². The lowest BCUT2D eigenvalue weighted by atomic mass is 9.88. The molecule has 0 fully saturated rings. The predicted octanol–water partition coefficient (Wildman–Crippen LogP) is 8.55. The summed E-state index contributed by atoms with van der Waals surface area (Å²) in [5.74, 6) is 4.02. The van der Waals surface area contributed by atoms with E-state index in [-0.39, 0.29) is 11.0 Å². The highest BCUT2D eigenvalue weighted by Gasteiger charge is 2.50. The SMILES string of the molecule is C[C@@H](CO[Si](c1ccccc1)(c1ccccc1)C(C)(C)C)C1=C[C@H](C#C[Si](C)(C)C)N(C(=O)Oc2ccccc2)c2ccccc21. The van der Waals surface area contributed by atoms with E-state index in [1.54, 1.807) is 17.0 Å². The summed E-state index contributed by atoms with van der Waals surface area (Å²) >= 11 is 0. The molecule has 1 heterocycles. The molecule has 0 radical (unpaired) electrons. The maximum Gasteiger partial charge on any atom is 0.421 e. The van der Waals surface area contributed by atoms with Crippen LogP contribution in [0.1, 0.15) is 33.3 Å². The molecule has 0 N–H and O–H groups in total. The lowest BCUT2D eigenvalue weighted by Crippen LogP contribution is -2.66. The van der Waals surface area contributed by atoms with E-state index in [9.17, 15) is 4.79 Å². The molecule has 1 aliphatic rings. The Kier molecular flexibility index (Phi) is 9.88. The highest BCUT2D eigenvalue weighted by atomic mass is 28.4. The molecule has 0 saturated heterocycles. The molecule has 0 unspecified atom stereocenters. The first-order chi connectivity index (χ1) is 21.9. The van der Waals surface area contributed by atoms with Crippen molar-refractivity contribution in [3.8, 4) is 17.2 Å². The van der Waals surface area contributed by atoms with Crippen LogP contribution in [-0.2, 0) is 4.43 Å². The minimum atomic E-state index is -2.73. The van der Waals surface area contributed by atoms with E-state index in [0.717, 1.165) is 16.8 Å². The van der Waals surface area contributed by atoms with Crippen molar-refractivity contribution in [2.45, 2.75) is 58.4 Å². The van der Waals surface area contributed by atoms with E-state index in [1.165, 1.54) is 10.4 Å². The quantitative estimate of drug-likeness (QED) is 0.150. The summed E-state index contributed by atoms with van der Waals surface area (Å²) in [7, 11) is -4.48. The normalized spacial score (nSPS) is 15.6. The van der Waals surface area contributed by atoms with Crippen molar-refractivity contribution < 1.29 is 14.0 Å². The fourth-order valence-corrected chi connectivity index (χ4v) is 11.4. The predicted molar refractivity (Wildman–Crippen MR) is 197 cm³/mol. The summed E-state index contributed by atoms with van der Waals surface area (Å²) in [6.45, 7) is 16.3. The van der Waals surface area contributed by atoms with Crippen molar-refractivity contribution in [1.29, 1.82) is 0 Å². The Morgan fingerprint density at radius 3 is 1.87 bits per heavy atom. The first kappa shape index (κ1) is 33.2. The number of nitrogens with zero attached hydrogens (tertiary/aromatic N) is 1. The van der Waals surface area contributed by atoms with Gasteiger partial charge in [-0.3, -0.25) is 4.90 Å². The lowest BCUT2D eigenvalue weighted by Gasteiger charge is -2.44. The zero-order valence-corrected chi connectivity index (χ0v) is 30.1. The molecule has 46 heavy (non-hydrogen) atoms. The third-order valence-corrected chi connectivity index (χ3v) is 14.2. The number of benzene rings is 4. The summed E-state index contributed by atoms with van der Waals surface area (Å²) in [6.07, 6.45) is 1.71. The number of amides is 1. The molecule has 1 amide bonds. The second kappa shape index (κ2) is 13.7. The number of anilines is 1. The smallest absolute Gasteiger partial charge is 0.410 e. The number of carbonyl (C=O) groups is 1. The average molecular weight is 644 g/mol. The van der Waals surface area contributed by atoms with Crippen LogP contribution >= 0.6 is 0 Å². The van der Waals surface area contributed by atoms with Crippen LogP contribution in [0.4, 0.5) is 10.5 Å². The Morgan fingerprint density at radius 2 is 1.33 bits per heavy atom. The van der Waals surface area contributed by atoms with Gasteiger partial charge < -0.3 is 9.16 Å². The standard InChI is InChI=1S/C40H45NO3Si2/c1-31(30-43-46(40(2,3)4,34-21-13-9-14-22-34)35-23-15-10-16-24-35)37-29-32(27-28-45(5,6)7)41(38-26-18-17-25-36(37)38)39(42)44-33-19-11-8-12-20-33/h8-26,29,31-32H,30H2,1-7H3/t31-,32-/m0/s1. The van der Waals surface area contributed by atoms with Gasteiger partial charge in [-0.2, -0.15) is 0 Å². The lowest BCUT2D eigenvalue weighted by molar-refractivity contribution is 0.207. The number of hydrogen-bond donors (Lipinski definition) is 0. The first-order valence-corrected chi connectivity index (χ1v) is 21.5. The minimum Gasteiger partial charge on any atom is -0.410 e. The molecule has 0 spiro atoms. The van der Waals surface area contributed by atoms with Crippen molar-refractivity contribution in [1.82, 2.24) is 0 Å². The fraction of sp³-hybridized carbons (Fsp3) is 0.275. The van der Waals surface area contributed by atoms with E-state index >= 15 is 0 Å². The van der Waals surface area contributed by atoms with Crippen molar-refractivity contribution in [2.75, 3.05) is 11.5 Å². The molecule has 1 aliphatic heterocycles. The maximum absolute atomic E-state index is 13.8. The van der Waals surface area contributed by atoms with E-state index in [2.05, 4.69) is 132 Å². The third kappa shape index (κ3) is 7.13. The van der Waals surface area contributed by atoms with Crippen LogP contribution in [0.15, 0.2) is 121 Å². The molecule has 4 aromatic rings. The van der Waals surface area contributed by atoms with Gasteiger partial charge in [0.2, 0.25) is 0 Å². The molecule has 5 rings (SSSR count). The number of carbonyl (C=O) groups excluding carboxylic acids is 1. The zero-order valence-electron chi connectivity index (χ0n) is 28.1. The first-order valence-electron chi connectivity index (χ1n) is 16.1. The highest BCUT2D eigenvalue weighted by molar-refractivity contribution is 6.99. The molecular formula is C40H45NO3Si2. The minimum absolute atomic E-state index is 0.0336. The molecule has 0 saturated carbocycles. The Balaban J connectivity index is 1.56. The van der Waals surface area contributed by atoms with E-state index in [4.69, 9.17) is 9.16 Å². The van der Waals surface area contributed by atoms with Gasteiger partial charge in [0.25, 0.3) is 8.32 Å². The van der Waals surface area contributed by atoms with E-state index in [1.807, 2.05) is 36.4 Å². The second-order valence-electron chi connectivity index (χ2n) is 14.0. The molecule has 0 aromatic heterocycles. The summed E-state index contributed by atoms with van der Waals surface area (Å²) in [5.41, 5.74) is 6.45. The molecule has 4 aromatic carbocycles. The van der Waals surface area contributed by atoms with Crippen LogP contribution in [0.3, 0.4) is 0 Å². The number of rotatable bonds is 7. The maximum atomic E-state index is 13.8. The van der Waals surface area contributed by atoms with Gasteiger partial charge in [-0.25, -0.2) is 4.79 Å². The monoisotopic (exact) mass is 643 g/mol. The van der Waals surface area contributed by atoms with Gasteiger partial charge in [-0.05, 0) is 45.3 Å². The summed E-state index contributed by atoms with van der Waals surface area (Å²) in [6, 6.07) is 38.3. The fourth-order valence-electron chi connectivity index (χ4n) is 6.19. The third-order valence-electron chi connectivity index (χ3n) is 8.33. The number of para-hydroxylation sites is 2. The summed E-state index contributed by atoms with van der Waals surface area (Å²) in [4.78, 5) is 15.5. The molecule has 0 aliphatic carbocycles.